The lowest BCUT2D eigenvalue weighted by atomic mass is 9.75. The lowest BCUT2D eigenvalue weighted by Gasteiger charge is -2.29. The molecule has 0 amide bonds. The van der Waals surface area contributed by atoms with Crippen LogP contribution in [-0.4, -0.2) is 5.71 Å². The Morgan fingerprint density at radius 1 is 1.00 bits per heavy atom. The van der Waals surface area contributed by atoms with Gasteiger partial charge in [-0.05, 0) is 19.3 Å². The molecule has 0 heterocycles. The van der Waals surface area contributed by atoms with Gasteiger partial charge in [0.15, 0.2) is 0 Å². The molecule has 0 aromatic carbocycles. The maximum absolute atomic E-state index is 8.05. The second-order valence-electron chi connectivity index (χ2n) is 4.29. The highest BCUT2D eigenvalue weighted by Gasteiger charge is 2.26. The summed E-state index contributed by atoms with van der Waals surface area (Å²) in [6.07, 6.45) is 6.85. The molecule has 0 aliphatic heterocycles. The van der Waals surface area contributed by atoms with Crippen molar-refractivity contribution >= 4 is 5.71 Å². The smallest absolute Gasteiger partial charge is 0.0148 e. The van der Waals surface area contributed by atoms with E-state index in [0.29, 0.717) is 0 Å². The van der Waals surface area contributed by atoms with E-state index in [-0.39, 0.29) is 5.41 Å². The fraction of sp³-hybridized carbons (Fsp3) is 0.917. The van der Waals surface area contributed by atoms with Crippen molar-refractivity contribution < 1.29 is 0 Å². The molecule has 1 heteroatoms. The van der Waals surface area contributed by atoms with Gasteiger partial charge >= 0.3 is 0 Å². The number of hydrogen-bond donors (Lipinski definition) is 1. The molecule has 0 saturated carbocycles. The van der Waals surface area contributed by atoms with Gasteiger partial charge in [0.05, 0.1) is 0 Å². The number of rotatable bonds is 7. The molecular weight excluding hydrogens is 158 g/mol. The van der Waals surface area contributed by atoms with E-state index < -0.39 is 0 Å². The van der Waals surface area contributed by atoms with Crippen molar-refractivity contribution in [2.75, 3.05) is 0 Å². The predicted octanol–water partition coefficient (Wildman–Crippen LogP) is 4.41. The zero-order chi connectivity index (χ0) is 10.3. The van der Waals surface area contributed by atoms with Crippen LogP contribution in [0, 0.1) is 10.8 Å². The molecule has 0 spiro atoms. The van der Waals surface area contributed by atoms with Crippen molar-refractivity contribution in [1.82, 2.24) is 0 Å². The topological polar surface area (TPSA) is 23.9 Å². The Kier molecular flexibility index (Phi) is 6.02. The van der Waals surface area contributed by atoms with E-state index in [1.165, 1.54) is 25.7 Å². The third-order valence-electron chi connectivity index (χ3n) is 2.83. The van der Waals surface area contributed by atoms with Gasteiger partial charge in [-0.15, -0.1) is 0 Å². The van der Waals surface area contributed by atoms with E-state index in [0.717, 1.165) is 18.6 Å². The Morgan fingerprint density at radius 2 is 1.46 bits per heavy atom. The summed E-state index contributed by atoms with van der Waals surface area (Å²) in [5.74, 6) is 0. The summed E-state index contributed by atoms with van der Waals surface area (Å²) >= 11 is 0. The zero-order valence-electron chi connectivity index (χ0n) is 9.74. The minimum absolute atomic E-state index is 0.194. The Balaban J connectivity index is 4.27. The van der Waals surface area contributed by atoms with Gasteiger partial charge < -0.3 is 5.41 Å². The quantitative estimate of drug-likeness (QED) is 0.565. The van der Waals surface area contributed by atoms with Crippen molar-refractivity contribution in [3.05, 3.63) is 0 Å². The molecule has 0 aliphatic rings. The minimum atomic E-state index is 0.194. The molecule has 0 aliphatic carbocycles. The molecule has 0 fully saturated rings. The van der Waals surface area contributed by atoms with Crippen LogP contribution < -0.4 is 0 Å². The Bertz CT molecular complexity index is 143. The van der Waals surface area contributed by atoms with Crippen molar-refractivity contribution in [3.63, 3.8) is 0 Å². The molecule has 0 rings (SSSR count). The van der Waals surface area contributed by atoms with Crippen molar-refractivity contribution in [2.24, 2.45) is 5.41 Å². The summed E-state index contributed by atoms with van der Waals surface area (Å²) in [6.45, 7) is 8.85. The highest BCUT2D eigenvalue weighted by Crippen LogP contribution is 2.31. The molecule has 0 saturated heterocycles. The molecule has 0 unspecified atom stereocenters. The summed E-state index contributed by atoms with van der Waals surface area (Å²) in [7, 11) is 0. The van der Waals surface area contributed by atoms with Crippen LogP contribution in [0.2, 0.25) is 0 Å². The first-order chi connectivity index (χ1) is 6.10. The normalized spacial score (nSPS) is 11.7. The zero-order valence-corrected chi connectivity index (χ0v) is 9.74. The fourth-order valence-corrected chi connectivity index (χ4v) is 2.08. The number of hydrogen-bond acceptors (Lipinski definition) is 1. The average Bonchev–Trinajstić information content (AvgIpc) is 2.05. The summed E-state index contributed by atoms with van der Waals surface area (Å²) in [4.78, 5) is 0. The third-order valence-corrected chi connectivity index (χ3v) is 2.83. The van der Waals surface area contributed by atoms with Gasteiger partial charge in [-0.1, -0.05) is 47.0 Å². The van der Waals surface area contributed by atoms with Gasteiger partial charge in [0.2, 0.25) is 0 Å². The Labute approximate surface area is 83.4 Å². The molecular formula is C12H25N. The predicted molar refractivity (Wildman–Crippen MR) is 60.6 cm³/mol. The highest BCUT2D eigenvalue weighted by atomic mass is 14.5. The van der Waals surface area contributed by atoms with Crippen LogP contribution in [0.5, 0.6) is 0 Å². The molecule has 0 radical (unpaired) electrons. The second-order valence-corrected chi connectivity index (χ2v) is 4.29. The van der Waals surface area contributed by atoms with Crippen LogP contribution in [0.1, 0.15) is 66.2 Å². The Morgan fingerprint density at radius 3 is 1.77 bits per heavy atom. The monoisotopic (exact) mass is 183 g/mol. The van der Waals surface area contributed by atoms with Gasteiger partial charge in [-0.25, -0.2) is 0 Å². The summed E-state index contributed by atoms with van der Waals surface area (Å²) in [5.41, 5.74) is 1.16. The van der Waals surface area contributed by atoms with Gasteiger partial charge in [0.1, 0.15) is 0 Å². The molecule has 0 aromatic heterocycles. The molecule has 13 heavy (non-hydrogen) atoms. The van der Waals surface area contributed by atoms with E-state index in [1.54, 1.807) is 0 Å². The molecule has 0 atom stereocenters. The Hall–Kier alpha value is -0.330. The van der Waals surface area contributed by atoms with Gasteiger partial charge in [0.25, 0.3) is 0 Å². The number of nitrogens with one attached hydrogen (secondary N) is 1. The fourth-order valence-electron chi connectivity index (χ4n) is 2.08. The van der Waals surface area contributed by atoms with Gasteiger partial charge in [-0.3, -0.25) is 0 Å². The second kappa shape index (κ2) is 6.17. The maximum Gasteiger partial charge on any atom is 0.0148 e. The van der Waals surface area contributed by atoms with Crippen LogP contribution in [0.4, 0.5) is 0 Å². The van der Waals surface area contributed by atoms with E-state index in [4.69, 9.17) is 5.41 Å². The first-order valence-corrected chi connectivity index (χ1v) is 5.68. The van der Waals surface area contributed by atoms with Crippen molar-refractivity contribution in [1.29, 1.82) is 5.41 Å². The molecule has 0 bridgehead atoms. The van der Waals surface area contributed by atoms with Crippen LogP contribution >= 0.6 is 0 Å². The lowest BCUT2D eigenvalue weighted by Crippen LogP contribution is -2.26. The van der Waals surface area contributed by atoms with E-state index in [2.05, 4.69) is 27.7 Å². The highest BCUT2D eigenvalue weighted by molar-refractivity contribution is 5.86. The summed E-state index contributed by atoms with van der Waals surface area (Å²) in [6, 6.07) is 0. The summed E-state index contributed by atoms with van der Waals surface area (Å²) < 4.78 is 0. The first kappa shape index (κ1) is 12.7. The van der Waals surface area contributed by atoms with Crippen molar-refractivity contribution in [3.8, 4) is 0 Å². The van der Waals surface area contributed by atoms with Crippen LogP contribution in [0.15, 0.2) is 0 Å². The SMILES string of the molecule is CCCC(=N)C(C)(CCC)CCC. The van der Waals surface area contributed by atoms with Crippen LogP contribution in [0.3, 0.4) is 0 Å². The van der Waals surface area contributed by atoms with Gasteiger partial charge in [-0.2, -0.15) is 0 Å². The third kappa shape index (κ3) is 3.93. The van der Waals surface area contributed by atoms with Crippen molar-refractivity contribution in [2.45, 2.75) is 66.2 Å². The maximum atomic E-state index is 8.05. The average molecular weight is 183 g/mol. The van der Waals surface area contributed by atoms with Gasteiger partial charge in [0, 0.05) is 11.1 Å². The van der Waals surface area contributed by atoms with Crippen LogP contribution in [0.25, 0.3) is 0 Å². The van der Waals surface area contributed by atoms with E-state index in [1.807, 2.05) is 0 Å². The minimum Gasteiger partial charge on any atom is -0.309 e. The molecule has 0 aromatic rings. The molecule has 1 nitrogen and oxygen atoms in total. The standard InChI is InChI=1S/C12H25N/c1-5-8-11(13)12(4,9-6-2)10-7-3/h13H,5-10H2,1-4H3. The first-order valence-electron chi connectivity index (χ1n) is 5.68. The lowest BCUT2D eigenvalue weighted by molar-refractivity contribution is 0.376. The summed E-state index contributed by atoms with van der Waals surface area (Å²) in [5, 5.41) is 8.05. The largest absolute Gasteiger partial charge is 0.309 e. The van der Waals surface area contributed by atoms with Crippen LogP contribution in [-0.2, 0) is 0 Å². The van der Waals surface area contributed by atoms with E-state index in [9.17, 15) is 0 Å². The molecule has 78 valence electrons. The van der Waals surface area contributed by atoms with E-state index >= 15 is 0 Å². The molecule has 1 N–H and O–H groups in total.